The van der Waals surface area contributed by atoms with Gasteiger partial charge in [-0.05, 0) is 50.6 Å². The molecule has 1 aliphatic carbocycles. The van der Waals surface area contributed by atoms with E-state index < -0.39 is 0 Å². The van der Waals surface area contributed by atoms with E-state index in [1.807, 2.05) is 6.92 Å². The molecule has 32 heavy (non-hydrogen) atoms. The molecule has 6 unspecified atom stereocenters. The van der Waals surface area contributed by atoms with Gasteiger partial charge in [0.15, 0.2) is 0 Å². The summed E-state index contributed by atoms with van der Waals surface area (Å²) in [7, 11) is 0. The molecule has 7 nitrogen and oxygen atoms in total. The van der Waals surface area contributed by atoms with Gasteiger partial charge in [0, 0.05) is 56.6 Å². The molecule has 0 spiro atoms. The van der Waals surface area contributed by atoms with E-state index in [4.69, 9.17) is 0 Å². The van der Waals surface area contributed by atoms with Crippen molar-refractivity contribution in [3.63, 3.8) is 0 Å². The highest BCUT2D eigenvalue weighted by atomic mass is 16.2. The number of fused-ring (bicyclic) bond motifs is 1. The van der Waals surface area contributed by atoms with E-state index in [9.17, 15) is 4.79 Å². The van der Waals surface area contributed by atoms with Crippen molar-refractivity contribution in [2.75, 3.05) is 39.3 Å². The molecule has 1 saturated carbocycles. The molecule has 0 radical (unpaired) electrons. The minimum absolute atomic E-state index is 0.314. The average Bonchev–Trinajstić information content (AvgIpc) is 3.46. The van der Waals surface area contributed by atoms with E-state index in [0.29, 0.717) is 42.5 Å². The maximum absolute atomic E-state index is 12.5. The topological polar surface area (TPSA) is 71.7 Å². The number of piperidine rings is 1. The number of hydrazine groups is 1. The fourth-order valence-corrected chi connectivity index (χ4v) is 7.22. The summed E-state index contributed by atoms with van der Waals surface area (Å²) in [5.74, 6) is 2.44. The molecule has 5 fully saturated rings. The van der Waals surface area contributed by atoms with Crippen molar-refractivity contribution in [3.05, 3.63) is 0 Å². The summed E-state index contributed by atoms with van der Waals surface area (Å²) in [6, 6.07) is 1.36. The van der Waals surface area contributed by atoms with Gasteiger partial charge >= 0.3 is 0 Å². The fourth-order valence-electron chi connectivity index (χ4n) is 7.22. The average molecular weight is 447 g/mol. The molecule has 0 aromatic heterocycles. The van der Waals surface area contributed by atoms with Crippen LogP contribution in [0.5, 0.6) is 0 Å². The zero-order chi connectivity index (χ0) is 21.9. The van der Waals surface area contributed by atoms with E-state index in [0.717, 1.165) is 44.6 Å². The predicted octanol–water partition coefficient (Wildman–Crippen LogP) is 1.66. The number of hydrogen-bond donors (Lipinski definition) is 4. The number of hydrogen-bond acceptors (Lipinski definition) is 6. The van der Waals surface area contributed by atoms with Crippen molar-refractivity contribution in [1.82, 2.24) is 31.3 Å². The Bertz CT molecular complexity index is 620. The van der Waals surface area contributed by atoms with Crippen LogP contribution in [0.3, 0.4) is 0 Å². The highest BCUT2D eigenvalue weighted by Crippen LogP contribution is 2.33. The summed E-state index contributed by atoms with van der Waals surface area (Å²) in [5, 5.41) is 14.1. The number of amides is 1. The van der Waals surface area contributed by atoms with Crippen molar-refractivity contribution in [2.24, 2.45) is 17.8 Å². The summed E-state index contributed by atoms with van der Waals surface area (Å²) in [4.78, 5) is 14.6. The van der Waals surface area contributed by atoms with Crippen molar-refractivity contribution < 1.29 is 4.79 Å². The molecular formula is C25H46N6O. The highest BCUT2D eigenvalue weighted by molar-refractivity contribution is 5.76. The third-order valence-electron chi connectivity index (χ3n) is 8.95. The molecule has 4 aliphatic heterocycles. The van der Waals surface area contributed by atoms with Gasteiger partial charge in [-0.1, -0.05) is 39.0 Å². The largest absolute Gasteiger partial charge is 0.341 e. The number of nitrogens with one attached hydrogen (secondary N) is 4. The van der Waals surface area contributed by atoms with Gasteiger partial charge in [-0.3, -0.25) is 20.9 Å². The maximum atomic E-state index is 12.5. The SMILES string of the molecule is CCC(=O)N1CC2NC(CC3CCCCC3)NC(C3CCN(CC4CCCNC4)N3)C2C1. The summed E-state index contributed by atoms with van der Waals surface area (Å²) < 4.78 is 0. The van der Waals surface area contributed by atoms with Crippen LogP contribution in [0, 0.1) is 17.8 Å². The normalized spacial score (nSPS) is 39.3. The van der Waals surface area contributed by atoms with Crippen LogP contribution in [-0.4, -0.2) is 79.4 Å². The summed E-state index contributed by atoms with van der Waals surface area (Å²) >= 11 is 0. The first kappa shape index (κ1) is 23.0. The third-order valence-corrected chi connectivity index (χ3v) is 8.95. The zero-order valence-electron chi connectivity index (χ0n) is 20.2. The minimum Gasteiger partial charge on any atom is -0.341 e. The van der Waals surface area contributed by atoms with E-state index in [1.165, 1.54) is 64.3 Å². The van der Waals surface area contributed by atoms with Crippen LogP contribution in [0.1, 0.15) is 71.1 Å². The van der Waals surface area contributed by atoms with Crippen molar-refractivity contribution in [2.45, 2.75) is 95.4 Å². The molecule has 5 rings (SSSR count). The second-order valence-electron chi connectivity index (χ2n) is 11.3. The smallest absolute Gasteiger partial charge is 0.222 e. The Morgan fingerprint density at radius 3 is 2.56 bits per heavy atom. The number of likely N-dealkylation sites (tertiary alicyclic amines) is 1. The van der Waals surface area contributed by atoms with Gasteiger partial charge in [0.25, 0.3) is 0 Å². The molecule has 182 valence electrons. The molecule has 7 heteroatoms. The minimum atomic E-state index is 0.314. The van der Waals surface area contributed by atoms with Gasteiger partial charge < -0.3 is 10.2 Å². The summed E-state index contributed by atoms with van der Waals surface area (Å²) in [6.07, 6.45) is 13.1. The third kappa shape index (κ3) is 5.33. The first-order valence-electron chi connectivity index (χ1n) is 13.7. The lowest BCUT2D eigenvalue weighted by atomic mass is 9.82. The van der Waals surface area contributed by atoms with Crippen LogP contribution in [-0.2, 0) is 4.79 Å². The molecule has 5 aliphatic rings. The molecule has 1 amide bonds. The predicted molar refractivity (Wildman–Crippen MR) is 128 cm³/mol. The standard InChI is InChI=1S/C25H46N6O/c1-2-24(32)30-16-20-22(17-30)27-23(13-18-7-4-3-5-8-18)28-25(20)21-10-12-31(29-21)15-19-9-6-11-26-14-19/h18-23,25-29H,2-17H2,1H3. The fraction of sp³-hybridized carbons (Fsp3) is 0.960. The molecular weight excluding hydrogens is 400 g/mol. The molecule has 6 atom stereocenters. The molecule has 4 saturated heterocycles. The molecule has 0 bridgehead atoms. The second-order valence-corrected chi connectivity index (χ2v) is 11.3. The van der Waals surface area contributed by atoms with Gasteiger partial charge in [0.2, 0.25) is 5.91 Å². The summed E-state index contributed by atoms with van der Waals surface area (Å²) in [6.45, 7) is 8.45. The van der Waals surface area contributed by atoms with Crippen LogP contribution in [0.2, 0.25) is 0 Å². The monoisotopic (exact) mass is 446 g/mol. The maximum Gasteiger partial charge on any atom is 0.222 e. The lowest BCUT2D eigenvalue weighted by molar-refractivity contribution is -0.130. The van der Waals surface area contributed by atoms with E-state index in [1.54, 1.807) is 0 Å². The van der Waals surface area contributed by atoms with Gasteiger partial charge in [-0.15, -0.1) is 0 Å². The number of rotatable bonds is 6. The molecule has 4 heterocycles. The van der Waals surface area contributed by atoms with Gasteiger partial charge in [0.05, 0.1) is 6.17 Å². The number of carbonyl (C=O) groups is 1. The second kappa shape index (κ2) is 10.7. The number of nitrogens with zero attached hydrogens (tertiary/aromatic N) is 2. The first-order valence-corrected chi connectivity index (χ1v) is 13.7. The Morgan fingerprint density at radius 1 is 0.938 bits per heavy atom. The van der Waals surface area contributed by atoms with E-state index in [-0.39, 0.29) is 0 Å². The molecule has 0 aromatic carbocycles. The quantitative estimate of drug-likeness (QED) is 0.498. The lowest BCUT2D eigenvalue weighted by Gasteiger charge is -2.44. The van der Waals surface area contributed by atoms with Crippen LogP contribution in [0.15, 0.2) is 0 Å². The van der Waals surface area contributed by atoms with Crippen LogP contribution >= 0.6 is 0 Å². The highest BCUT2D eigenvalue weighted by Gasteiger charge is 2.48. The molecule has 0 aromatic rings. The lowest BCUT2D eigenvalue weighted by Crippen LogP contribution is -2.68. The summed E-state index contributed by atoms with van der Waals surface area (Å²) in [5.41, 5.74) is 3.91. The Hall–Kier alpha value is -0.730. The Labute approximate surface area is 194 Å². The van der Waals surface area contributed by atoms with Crippen molar-refractivity contribution in [3.8, 4) is 0 Å². The zero-order valence-corrected chi connectivity index (χ0v) is 20.2. The van der Waals surface area contributed by atoms with Crippen molar-refractivity contribution in [1.29, 1.82) is 0 Å². The van der Waals surface area contributed by atoms with Crippen LogP contribution in [0.4, 0.5) is 0 Å². The first-order chi connectivity index (χ1) is 15.7. The van der Waals surface area contributed by atoms with Crippen LogP contribution in [0.25, 0.3) is 0 Å². The van der Waals surface area contributed by atoms with Crippen LogP contribution < -0.4 is 21.4 Å². The van der Waals surface area contributed by atoms with Gasteiger partial charge in [0.1, 0.15) is 0 Å². The van der Waals surface area contributed by atoms with E-state index >= 15 is 0 Å². The Balaban J connectivity index is 1.23. The van der Waals surface area contributed by atoms with Crippen molar-refractivity contribution >= 4 is 5.91 Å². The Kier molecular flexibility index (Phi) is 7.69. The van der Waals surface area contributed by atoms with Gasteiger partial charge in [-0.25, -0.2) is 5.01 Å². The molecule has 4 N–H and O–H groups in total. The number of carbonyl (C=O) groups excluding carboxylic acids is 1. The van der Waals surface area contributed by atoms with Gasteiger partial charge in [-0.2, -0.15) is 0 Å². The van der Waals surface area contributed by atoms with E-state index in [2.05, 4.69) is 31.3 Å². The Morgan fingerprint density at radius 2 is 1.78 bits per heavy atom.